The van der Waals surface area contributed by atoms with E-state index in [4.69, 9.17) is 60.2 Å². The van der Waals surface area contributed by atoms with Gasteiger partial charge in [0.1, 0.15) is 68.8 Å². The van der Waals surface area contributed by atoms with Crippen LogP contribution in [0.1, 0.15) is 98.7 Å². The number of H-pyrrole nitrogens is 4. The normalized spacial score (nSPS) is 10.9. The Kier molecular flexibility index (Phi) is 47.3. The van der Waals surface area contributed by atoms with Crippen LogP contribution in [0.25, 0.3) is 55.3 Å². The van der Waals surface area contributed by atoms with Crippen molar-refractivity contribution in [1.29, 1.82) is 0 Å². The number of aromatic nitrogens is 12. The van der Waals surface area contributed by atoms with E-state index in [-0.39, 0.29) is 111 Å². The van der Waals surface area contributed by atoms with Crippen LogP contribution in [-0.4, -0.2) is 163 Å². The SMILES string of the molecule is CCCS(=O)(=O)Cl.CCCS(=O)(=O)Nc1c(F)cc(F)c(C(=O)c2[nH]nc3ncc(-c4ccc(Cl)cc4)cc23)c1F.CCCS(=O)(=O)Nc1c(F)cc(F)c(C(=O)c2[nH]nc3ncc(Br)cc23)c1F.CON(C)C(=O)c1[nH]nc2ncc(Br)cc12.I.II.I[I-]I.Nc1c(F)cc(F)c(C(=O)c2[nH]nc3ncc(Br)cc23)c1F.Nc1c(F)cc(F)cc1F.OB(O)c1ccc(Cl)cc1. The van der Waals surface area contributed by atoms with Gasteiger partial charge in [0, 0.05) is 139 Å². The number of hydroxylamine groups is 2. The third-order valence-corrected chi connectivity index (χ3v) is 22.6. The Bertz CT molecular complexity index is 6890. The summed E-state index contributed by atoms with van der Waals surface area (Å²) in [6, 6.07) is 21.3. The summed E-state index contributed by atoms with van der Waals surface area (Å²) in [7, 11) is -5.05. The van der Waals surface area contributed by atoms with Gasteiger partial charge in [-0.1, -0.05) is 68.2 Å². The van der Waals surface area contributed by atoms with Gasteiger partial charge in [-0.25, -0.2) is 103 Å². The van der Waals surface area contributed by atoms with Gasteiger partial charge in [-0.05, 0) is 127 Å². The largest absolute Gasteiger partial charge is 0.488 e. The van der Waals surface area contributed by atoms with Crippen LogP contribution >= 0.6 is 180 Å². The van der Waals surface area contributed by atoms with E-state index < -0.39 is 174 Å². The molecular weight excluding hydrogens is 2790 g/mol. The Morgan fingerprint density at radius 3 is 1.14 bits per heavy atom. The molecule has 6 aromatic carbocycles. The molecule has 0 aliphatic heterocycles. The van der Waals surface area contributed by atoms with E-state index in [1.54, 1.807) is 97.1 Å². The number of anilines is 4. The maximum Gasteiger partial charge on any atom is 0.488 e. The number of aromatic amines is 4. The Morgan fingerprint density at radius 2 is 0.797 bits per heavy atom. The molecule has 0 unspecified atom stereocenters. The van der Waals surface area contributed by atoms with Crippen molar-refractivity contribution in [3.05, 3.63) is 261 Å². The Labute approximate surface area is 856 Å². The average Bonchev–Trinajstić information content (AvgIpc) is 1.76. The number of nitrogen functional groups attached to an aromatic ring is 2. The summed E-state index contributed by atoms with van der Waals surface area (Å²) in [6.07, 6.45) is 6.94. The minimum absolute atomic E-state index is 0. The number of rotatable bonds is 20. The molecular formula is C75H61BBr3Cl3F12I6N17O13S3-. The van der Waals surface area contributed by atoms with Crippen LogP contribution in [0.5, 0.6) is 0 Å². The van der Waals surface area contributed by atoms with E-state index in [0.717, 1.165) is 9.54 Å². The van der Waals surface area contributed by atoms with Crippen LogP contribution < -0.4 is 39.6 Å². The molecule has 8 heterocycles. The van der Waals surface area contributed by atoms with Crippen LogP contribution in [-0.2, 0) is 33.9 Å². The zero-order valence-electron chi connectivity index (χ0n) is 67.3. The number of nitrogens with one attached hydrogen (secondary N) is 6. The number of nitrogens with two attached hydrogens (primary N) is 2. The summed E-state index contributed by atoms with van der Waals surface area (Å²) in [5.74, 6) is -20.9. The van der Waals surface area contributed by atoms with Gasteiger partial charge >= 0.3 is 57.6 Å². The van der Waals surface area contributed by atoms with Gasteiger partial charge in [-0.2, -0.15) is 20.4 Å². The predicted molar refractivity (Wildman–Crippen MR) is 531 cm³/mol. The molecule has 0 atom stereocenters. The van der Waals surface area contributed by atoms with Gasteiger partial charge in [-0.3, -0.25) is 53.9 Å². The standard InChI is InChI=1S/C22H16ClF3N4O3S.C16H12BrF3N4O3S.C13H6BrF3N4O.C9H9BrN4O2.C6H6BClO2.C6H4F3N.C3H7ClO2S.I3.I2.HI/c1-2-7-34(32,33)30-20-16(25)9-15(24)17(18(20)26)21(31)19-14-8-12(10-27-22(14)29-28-19)11-3-5-13(23)6-4-11;1-2-3-28(26,27)24-14-10(19)5-9(18)11(12(14)20)15(25)13-8-4-7(17)6-21-16(8)23-22-13;14-4-1-5-11(20-21-13(5)19-3-4)12(22)8-6(15)2-7(16)10(18)9(8)17;1-14(16-2)9(15)7-6-3-5(10)4-11-8(6)13-12-7;8-6-3-1-5(2-4-6)7(9)10;7-3-1-4(8)6(10)5(9)2-3;1-2-3-7(4,5)6;1-3-2;1-2;/h3-6,8-10,30H,2,7H2,1H3,(H,27,28,29);4-6,24H,2-3H2,1H3,(H,21,22,23);1-3H,18H2,(H,19,20,21);3-4H,1-2H3,(H,11,12,13);1-4,9-10H;1-2H,10H2;2-3H2,1H3;;;1H/q;;;;;;;-1;;. The van der Waals surface area contributed by atoms with Crippen molar-refractivity contribution in [1.82, 2.24) is 65.8 Å². The smallest absolute Gasteiger partial charge is 0.423 e. The van der Waals surface area contributed by atoms with Gasteiger partial charge in [0.25, 0.3) is 5.91 Å². The second-order valence-electron chi connectivity index (χ2n) is 25.6. The average molecular weight is 2850 g/mol. The minimum Gasteiger partial charge on any atom is -0.423 e. The maximum absolute atomic E-state index is 15.1. The van der Waals surface area contributed by atoms with Gasteiger partial charge in [-0.15, -0.1) is 24.0 Å². The second-order valence-corrected chi connectivity index (χ2v) is 52.1. The Hall–Kier alpha value is -6.88. The molecule has 0 spiro atoms. The fourth-order valence-corrected chi connectivity index (χ4v) is 15.1. The van der Waals surface area contributed by atoms with Crippen molar-refractivity contribution < 1.29 is 125 Å². The summed E-state index contributed by atoms with van der Waals surface area (Å²) in [4.78, 5) is 71.0. The second kappa shape index (κ2) is 53.9. The number of ketones is 3. The van der Waals surface area contributed by atoms with Gasteiger partial charge in [0.2, 0.25) is 46.4 Å². The van der Waals surface area contributed by atoms with Gasteiger partial charge < -0.3 is 21.5 Å². The molecule has 8 aromatic heterocycles. The Balaban J connectivity index is 0.000000286. The first kappa shape index (κ1) is 117. The molecule has 714 valence electrons. The first-order valence-corrected chi connectivity index (χ1v) is 63.6. The fourth-order valence-electron chi connectivity index (χ4n) is 10.6. The summed E-state index contributed by atoms with van der Waals surface area (Å²) in [5, 5.41) is 45.9. The number of hydrogen-bond acceptors (Lipinski definition) is 23. The monoisotopic (exact) mass is 2850 g/mol. The van der Waals surface area contributed by atoms with Crippen LogP contribution in [0.15, 0.2) is 141 Å². The molecule has 0 aliphatic rings. The van der Waals surface area contributed by atoms with Crippen molar-refractivity contribution in [2.24, 2.45) is 0 Å². The van der Waals surface area contributed by atoms with Crippen molar-refractivity contribution in [2.45, 2.75) is 40.0 Å². The van der Waals surface area contributed by atoms with Gasteiger partial charge in [0.15, 0.2) is 69.1 Å². The zero-order valence-corrected chi connectivity index (χ0v) is 89.9. The summed E-state index contributed by atoms with van der Waals surface area (Å²) >= 11 is 30.6. The van der Waals surface area contributed by atoms with E-state index in [1.165, 1.54) is 44.9 Å². The third-order valence-electron chi connectivity index (χ3n) is 16.5. The van der Waals surface area contributed by atoms with E-state index >= 15 is 4.39 Å². The van der Waals surface area contributed by atoms with Crippen molar-refractivity contribution >= 4 is 312 Å². The van der Waals surface area contributed by atoms with Crippen molar-refractivity contribution in [3.8, 4) is 11.1 Å². The number of sulfonamides is 2. The van der Waals surface area contributed by atoms with Crippen LogP contribution in [0.2, 0.25) is 10.0 Å². The summed E-state index contributed by atoms with van der Waals surface area (Å²) in [6.45, 7) is 4.88. The number of nitrogens with zero attached hydrogens (tertiary/aromatic N) is 9. The number of pyridine rings is 4. The molecule has 0 bridgehead atoms. The fraction of sp³-hybridized carbons (Fsp3) is 0.147. The number of amides is 1. The summed E-state index contributed by atoms with van der Waals surface area (Å²) in [5.41, 5.74) is 5.20. The number of halogens is 24. The van der Waals surface area contributed by atoms with E-state index in [1.807, 2.05) is 0 Å². The number of carbonyl (C=O) groups is 4. The van der Waals surface area contributed by atoms with Crippen LogP contribution in [0, 0.1) is 69.8 Å². The molecule has 14 rings (SSSR count). The number of carbonyl (C=O) groups excluding carboxylic acids is 4. The predicted octanol–water partition coefficient (Wildman–Crippen LogP) is 16.7. The topological polar surface area (TPSA) is 466 Å². The molecule has 0 radical (unpaired) electrons. The minimum atomic E-state index is -4.12. The molecule has 14 aromatic rings. The summed E-state index contributed by atoms with van der Waals surface area (Å²) < 4.78 is 237. The molecule has 0 saturated heterocycles. The molecule has 133 heavy (non-hydrogen) atoms. The van der Waals surface area contributed by atoms with Crippen molar-refractivity contribution in [2.75, 3.05) is 52.3 Å². The van der Waals surface area contributed by atoms with Gasteiger partial charge in [0.05, 0.1) is 62.6 Å². The molecule has 1 amide bonds. The number of hydrogen-bond donors (Lipinski definition) is 10. The zero-order chi connectivity index (χ0) is 98.9. The quantitative estimate of drug-likeness (QED) is 0.00644. The van der Waals surface area contributed by atoms with E-state index in [0.29, 0.717) is 90.2 Å². The first-order chi connectivity index (χ1) is 62.1. The molecule has 0 aliphatic carbocycles. The first-order valence-electron chi connectivity index (χ1n) is 35.9. The number of fused-ring (bicyclic) bond motifs is 4. The van der Waals surface area contributed by atoms with Crippen molar-refractivity contribution in [3.63, 3.8) is 0 Å². The van der Waals surface area contributed by atoms with Crippen LogP contribution in [0.4, 0.5) is 75.4 Å². The maximum atomic E-state index is 15.1. The molecule has 30 nitrogen and oxygen atoms in total. The van der Waals surface area contributed by atoms with E-state index in [9.17, 15) is 92.7 Å². The van der Waals surface area contributed by atoms with Crippen LogP contribution in [0.3, 0.4) is 0 Å². The molecule has 0 fully saturated rings. The van der Waals surface area contributed by atoms with E-state index in [2.05, 4.69) is 183 Å². The number of benzene rings is 6. The molecule has 58 heteroatoms. The molecule has 12 N–H and O–H groups in total. The molecule has 0 saturated carbocycles. The third kappa shape index (κ3) is 32.6. The Morgan fingerprint density at radius 1 is 0.481 bits per heavy atom.